The van der Waals surface area contributed by atoms with E-state index in [9.17, 15) is 15.3 Å². The Hall–Kier alpha value is -2.48. The van der Waals surface area contributed by atoms with Gasteiger partial charge in [-0.1, -0.05) is 12.1 Å². The molecule has 2 aliphatic rings. The monoisotopic (exact) mass is 374 g/mol. The average molecular weight is 374 g/mol. The van der Waals surface area contributed by atoms with Crippen LogP contribution in [0.3, 0.4) is 0 Å². The summed E-state index contributed by atoms with van der Waals surface area (Å²) in [5, 5.41) is 31.0. The van der Waals surface area contributed by atoms with Crippen molar-refractivity contribution in [2.24, 2.45) is 5.92 Å². The van der Waals surface area contributed by atoms with Gasteiger partial charge in [-0.2, -0.15) is 0 Å². The Labute approximate surface area is 156 Å². The lowest BCUT2D eigenvalue weighted by atomic mass is 9.80. The lowest BCUT2D eigenvalue weighted by Crippen LogP contribution is -2.43. The van der Waals surface area contributed by atoms with Gasteiger partial charge in [0.2, 0.25) is 6.79 Å². The van der Waals surface area contributed by atoms with Gasteiger partial charge < -0.3 is 34.3 Å². The molecule has 0 amide bonds. The first-order valence-corrected chi connectivity index (χ1v) is 8.75. The van der Waals surface area contributed by atoms with Gasteiger partial charge in [-0.25, -0.2) is 0 Å². The molecule has 7 nitrogen and oxygen atoms in total. The van der Waals surface area contributed by atoms with Gasteiger partial charge in [0.05, 0.1) is 20.3 Å². The molecule has 0 unspecified atom stereocenters. The number of aliphatic hydroxyl groups excluding tert-OH is 1. The van der Waals surface area contributed by atoms with E-state index in [2.05, 4.69) is 0 Å². The van der Waals surface area contributed by atoms with Crippen molar-refractivity contribution in [3.8, 4) is 23.0 Å². The fourth-order valence-corrected chi connectivity index (χ4v) is 3.76. The Morgan fingerprint density at radius 1 is 1.15 bits per heavy atom. The van der Waals surface area contributed by atoms with E-state index in [1.807, 2.05) is 18.2 Å². The third-order valence-corrected chi connectivity index (χ3v) is 5.30. The predicted molar refractivity (Wildman–Crippen MR) is 95.1 cm³/mol. The van der Waals surface area contributed by atoms with Gasteiger partial charge in [-0.3, -0.25) is 0 Å². The van der Waals surface area contributed by atoms with Crippen molar-refractivity contribution < 1.29 is 34.3 Å². The van der Waals surface area contributed by atoms with E-state index in [1.54, 1.807) is 12.1 Å². The van der Waals surface area contributed by atoms with Crippen LogP contribution in [0.4, 0.5) is 0 Å². The van der Waals surface area contributed by atoms with Crippen LogP contribution in [0.5, 0.6) is 23.0 Å². The maximum atomic E-state index is 11.2. The molecule has 2 aliphatic heterocycles. The van der Waals surface area contributed by atoms with Gasteiger partial charge in [-0.15, -0.1) is 0 Å². The van der Waals surface area contributed by atoms with Gasteiger partial charge in [-0.05, 0) is 41.8 Å². The van der Waals surface area contributed by atoms with Crippen molar-refractivity contribution in [2.75, 3.05) is 27.1 Å². The van der Waals surface area contributed by atoms with Crippen molar-refractivity contribution in [2.45, 2.75) is 18.1 Å². The number of hydrogen-bond acceptors (Lipinski definition) is 7. The fourth-order valence-electron chi connectivity index (χ4n) is 3.76. The third-order valence-electron chi connectivity index (χ3n) is 5.30. The zero-order valence-corrected chi connectivity index (χ0v) is 14.9. The predicted octanol–water partition coefficient (Wildman–Crippen LogP) is 1.78. The average Bonchev–Trinajstić information content (AvgIpc) is 3.27. The molecule has 2 aromatic carbocycles. The molecule has 27 heavy (non-hydrogen) atoms. The quantitative estimate of drug-likeness (QED) is 0.734. The number of hydrogen-bond donors (Lipinski definition) is 3. The minimum Gasteiger partial charge on any atom is -0.504 e. The number of fused-ring (bicyclic) bond motifs is 1. The second-order valence-electron chi connectivity index (χ2n) is 6.88. The summed E-state index contributed by atoms with van der Waals surface area (Å²) in [6, 6.07) is 10.4. The first kappa shape index (κ1) is 17.9. The molecule has 0 radical (unpaired) electrons. The Morgan fingerprint density at radius 3 is 2.74 bits per heavy atom. The second kappa shape index (κ2) is 6.92. The molecule has 1 fully saturated rings. The van der Waals surface area contributed by atoms with Crippen molar-refractivity contribution >= 4 is 0 Å². The third kappa shape index (κ3) is 3.07. The minimum absolute atomic E-state index is 0.00342. The maximum Gasteiger partial charge on any atom is 0.231 e. The summed E-state index contributed by atoms with van der Waals surface area (Å²) in [5.41, 5.74) is 0.135. The van der Waals surface area contributed by atoms with E-state index < -0.39 is 18.3 Å². The molecule has 0 aliphatic carbocycles. The Kier molecular flexibility index (Phi) is 4.59. The smallest absolute Gasteiger partial charge is 0.231 e. The van der Waals surface area contributed by atoms with Gasteiger partial charge >= 0.3 is 0 Å². The van der Waals surface area contributed by atoms with Crippen LogP contribution in [0.25, 0.3) is 0 Å². The van der Waals surface area contributed by atoms with Crippen LogP contribution in [0.15, 0.2) is 36.4 Å². The first-order valence-electron chi connectivity index (χ1n) is 8.75. The van der Waals surface area contributed by atoms with Crippen molar-refractivity contribution in [3.05, 3.63) is 47.5 Å². The molecule has 2 heterocycles. The standard InChI is InChI=1S/C20H22O7/c1-24-17-8-13(3-4-15(17)22)19-20(23,10-21)14(9-25-19)6-12-2-5-16-18(7-12)27-11-26-16/h2-5,7-8,14,19,21-23H,6,9-11H2,1H3/t14-,19+,20+/m1/s1. The molecule has 0 aromatic heterocycles. The van der Waals surface area contributed by atoms with Gasteiger partial charge in [0.1, 0.15) is 11.7 Å². The van der Waals surface area contributed by atoms with Crippen LogP contribution >= 0.6 is 0 Å². The molecule has 3 atom stereocenters. The number of ether oxygens (including phenoxy) is 4. The molecular formula is C20H22O7. The highest BCUT2D eigenvalue weighted by atomic mass is 16.7. The van der Waals surface area contributed by atoms with Crippen LogP contribution in [-0.4, -0.2) is 48.0 Å². The summed E-state index contributed by atoms with van der Waals surface area (Å²) >= 11 is 0. The van der Waals surface area contributed by atoms with Gasteiger partial charge in [0.15, 0.2) is 23.0 Å². The molecule has 7 heteroatoms. The van der Waals surface area contributed by atoms with E-state index >= 15 is 0 Å². The first-order chi connectivity index (χ1) is 13.0. The molecule has 144 valence electrons. The number of phenols is 1. The maximum absolute atomic E-state index is 11.2. The molecule has 0 bridgehead atoms. The van der Waals surface area contributed by atoms with Crippen molar-refractivity contribution in [1.29, 1.82) is 0 Å². The van der Waals surface area contributed by atoms with E-state index in [4.69, 9.17) is 18.9 Å². The number of aromatic hydroxyl groups is 1. The lowest BCUT2D eigenvalue weighted by Gasteiger charge is -2.32. The molecule has 2 aromatic rings. The number of aliphatic hydroxyl groups is 2. The largest absolute Gasteiger partial charge is 0.504 e. The van der Waals surface area contributed by atoms with E-state index in [1.165, 1.54) is 13.2 Å². The second-order valence-corrected chi connectivity index (χ2v) is 6.88. The summed E-state index contributed by atoms with van der Waals surface area (Å²) in [6.45, 7) is 0.0477. The van der Waals surface area contributed by atoms with E-state index in [0.29, 0.717) is 30.1 Å². The fraction of sp³-hybridized carbons (Fsp3) is 0.400. The highest BCUT2D eigenvalue weighted by molar-refractivity contribution is 5.45. The Balaban J connectivity index is 1.58. The molecule has 3 N–H and O–H groups in total. The van der Waals surface area contributed by atoms with E-state index in [-0.39, 0.29) is 24.2 Å². The zero-order chi connectivity index (χ0) is 19.0. The van der Waals surface area contributed by atoms with Gasteiger partial charge in [0.25, 0.3) is 0 Å². The van der Waals surface area contributed by atoms with Gasteiger partial charge in [0, 0.05) is 5.92 Å². The summed E-state index contributed by atoms with van der Waals surface area (Å²) < 4.78 is 21.7. The SMILES string of the molecule is COc1cc([C@@H]2OC[C@@H](Cc3ccc4c(c3)OCO4)[C@@]2(O)CO)ccc1O. The highest BCUT2D eigenvalue weighted by Gasteiger charge is 2.50. The molecular weight excluding hydrogens is 352 g/mol. The van der Waals surface area contributed by atoms with E-state index in [0.717, 1.165) is 5.56 Å². The summed E-state index contributed by atoms with van der Waals surface area (Å²) in [6.07, 6.45) is -0.213. The van der Waals surface area contributed by atoms with Crippen molar-refractivity contribution in [1.82, 2.24) is 0 Å². The zero-order valence-electron chi connectivity index (χ0n) is 14.9. The number of methoxy groups -OCH3 is 1. The van der Waals surface area contributed by atoms with Crippen LogP contribution in [0.1, 0.15) is 17.2 Å². The molecule has 1 saturated heterocycles. The summed E-state index contributed by atoms with van der Waals surface area (Å²) in [5.74, 6) is 1.36. The van der Waals surface area contributed by atoms with Crippen LogP contribution in [0.2, 0.25) is 0 Å². The van der Waals surface area contributed by atoms with Crippen LogP contribution < -0.4 is 14.2 Å². The topological polar surface area (TPSA) is 97.6 Å². The van der Waals surface area contributed by atoms with Crippen molar-refractivity contribution in [3.63, 3.8) is 0 Å². The Morgan fingerprint density at radius 2 is 1.96 bits per heavy atom. The molecule has 4 rings (SSSR count). The number of phenolic OH excluding ortho intramolecular Hbond substituents is 1. The summed E-state index contributed by atoms with van der Waals surface area (Å²) in [4.78, 5) is 0. The number of rotatable bonds is 5. The summed E-state index contributed by atoms with van der Waals surface area (Å²) in [7, 11) is 1.45. The lowest BCUT2D eigenvalue weighted by molar-refractivity contribution is -0.0882. The Bertz CT molecular complexity index is 837. The highest BCUT2D eigenvalue weighted by Crippen LogP contribution is 2.45. The number of benzene rings is 2. The van der Waals surface area contributed by atoms with Crippen LogP contribution in [0, 0.1) is 5.92 Å². The molecule has 0 spiro atoms. The van der Waals surface area contributed by atoms with Crippen LogP contribution in [-0.2, 0) is 11.2 Å². The minimum atomic E-state index is -1.46. The molecule has 0 saturated carbocycles. The normalized spacial score (nSPS) is 26.3.